The van der Waals surface area contributed by atoms with Crippen LogP contribution in [-0.2, 0) is 0 Å². The zero-order chi connectivity index (χ0) is 12.6. The Morgan fingerprint density at radius 2 is 2.19 bits per heavy atom. The van der Waals surface area contributed by atoms with Crippen LogP contribution < -0.4 is 5.73 Å². The Labute approximate surface area is 102 Å². The van der Waals surface area contributed by atoms with Gasteiger partial charge in [0.1, 0.15) is 5.82 Å². The van der Waals surface area contributed by atoms with E-state index in [9.17, 15) is 0 Å². The summed E-state index contributed by atoms with van der Waals surface area (Å²) in [6.45, 7) is 9.79. The van der Waals surface area contributed by atoms with Crippen molar-refractivity contribution in [2.75, 3.05) is 18.1 Å². The van der Waals surface area contributed by atoms with Crippen molar-refractivity contribution in [2.24, 2.45) is 0 Å². The van der Waals surface area contributed by atoms with Gasteiger partial charge >= 0.3 is 0 Å². The number of nitrogen functional groups attached to an aromatic ring is 1. The molecule has 0 bridgehead atoms. The molecule has 90 valence electrons. The molecule has 1 rings (SSSR count). The maximum absolute atomic E-state index is 8.74. The Kier molecular flexibility index (Phi) is 7.68. The molecule has 0 amide bonds. The molecule has 0 saturated carbocycles. The molecule has 16 heavy (non-hydrogen) atoms. The van der Waals surface area contributed by atoms with Crippen LogP contribution in [0.2, 0.25) is 0 Å². The third kappa shape index (κ3) is 4.24. The highest BCUT2D eigenvalue weighted by Crippen LogP contribution is 2.26. The van der Waals surface area contributed by atoms with Crippen LogP contribution in [0.5, 0.6) is 0 Å². The SMILES string of the molecule is C=Cc1c(SCCO)cc(N)nc1C.CC. The van der Waals surface area contributed by atoms with Crippen LogP contribution in [0.25, 0.3) is 6.08 Å². The molecule has 0 fully saturated rings. The molecule has 1 heterocycles. The standard InChI is InChI=1S/C10H14N2OS.C2H6/c1-3-8-7(2)12-10(11)6-9(8)14-5-4-13;1-2/h3,6,13H,1,4-5H2,2H3,(H2,11,12);1-2H3. The number of hydrogen-bond donors (Lipinski definition) is 2. The number of nitrogens with zero attached hydrogens (tertiary/aromatic N) is 1. The van der Waals surface area contributed by atoms with E-state index in [0.717, 1.165) is 16.2 Å². The summed E-state index contributed by atoms with van der Waals surface area (Å²) in [5.41, 5.74) is 7.51. The maximum Gasteiger partial charge on any atom is 0.124 e. The first-order valence-electron chi connectivity index (χ1n) is 5.32. The van der Waals surface area contributed by atoms with Crippen LogP contribution in [-0.4, -0.2) is 22.5 Å². The number of thioether (sulfide) groups is 1. The number of hydrogen-bond acceptors (Lipinski definition) is 4. The van der Waals surface area contributed by atoms with Crippen LogP contribution in [0.15, 0.2) is 17.5 Å². The van der Waals surface area contributed by atoms with Crippen molar-refractivity contribution in [2.45, 2.75) is 25.7 Å². The van der Waals surface area contributed by atoms with Crippen molar-refractivity contribution in [3.63, 3.8) is 0 Å². The van der Waals surface area contributed by atoms with E-state index in [1.54, 1.807) is 17.8 Å². The van der Waals surface area contributed by atoms with E-state index in [1.165, 1.54) is 0 Å². The van der Waals surface area contributed by atoms with Gasteiger partial charge in [-0.25, -0.2) is 4.98 Å². The van der Waals surface area contributed by atoms with Crippen molar-refractivity contribution >= 4 is 23.7 Å². The second-order valence-electron chi connectivity index (χ2n) is 2.82. The lowest BCUT2D eigenvalue weighted by Gasteiger charge is -2.08. The predicted molar refractivity (Wildman–Crippen MR) is 72.6 cm³/mol. The second kappa shape index (κ2) is 8.19. The summed E-state index contributed by atoms with van der Waals surface area (Å²) >= 11 is 1.56. The summed E-state index contributed by atoms with van der Waals surface area (Å²) in [7, 11) is 0. The summed E-state index contributed by atoms with van der Waals surface area (Å²) < 4.78 is 0. The summed E-state index contributed by atoms with van der Waals surface area (Å²) in [4.78, 5) is 5.17. The average molecular weight is 240 g/mol. The number of aliphatic hydroxyl groups excluding tert-OH is 1. The van der Waals surface area contributed by atoms with Crippen LogP contribution >= 0.6 is 11.8 Å². The first-order valence-corrected chi connectivity index (χ1v) is 6.30. The van der Waals surface area contributed by atoms with Crippen molar-refractivity contribution < 1.29 is 5.11 Å². The van der Waals surface area contributed by atoms with Crippen LogP contribution in [0.1, 0.15) is 25.1 Å². The quantitative estimate of drug-likeness (QED) is 0.794. The minimum Gasteiger partial charge on any atom is -0.396 e. The third-order valence-electron chi connectivity index (χ3n) is 1.78. The predicted octanol–water partition coefficient (Wildman–Crippen LogP) is 2.73. The van der Waals surface area contributed by atoms with E-state index in [-0.39, 0.29) is 6.61 Å². The molecule has 1 aromatic heterocycles. The lowest BCUT2D eigenvalue weighted by Crippen LogP contribution is -1.97. The lowest BCUT2D eigenvalue weighted by molar-refractivity contribution is 0.322. The molecule has 0 aliphatic rings. The van der Waals surface area contributed by atoms with Gasteiger partial charge in [-0.1, -0.05) is 26.5 Å². The zero-order valence-corrected chi connectivity index (χ0v) is 11.0. The molecular weight excluding hydrogens is 220 g/mol. The highest BCUT2D eigenvalue weighted by Gasteiger charge is 2.05. The third-order valence-corrected chi connectivity index (χ3v) is 2.82. The van der Waals surface area contributed by atoms with E-state index < -0.39 is 0 Å². The first-order chi connectivity index (χ1) is 7.69. The smallest absolute Gasteiger partial charge is 0.124 e. The Bertz CT molecular complexity index is 340. The van der Waals surface area contributed by atoms with Crippen LogP contribution in [0.3, 0.4) is 0 Å². The minimum atomic E-state index is 0.155. The fourth-order valence-corrected chi connectivity index (χ4v) is 2.10. The molecule has 3 N–H and O–H groups in total. The second-order valence-corrected chi connectivity index (χ2v) is 3.96. The molecule has 0 aliphatic heterocycles. The Balaban J connectivity index is 0.00000106. The summed E-state index contributed by atoms with van der Waals surface area (Å²) in [5.74, 6) is 1.16. The number of pyridine rings is 1. The Hall–Kier alpha value is -1.00. The number of nitrogens with two attached hydrogens (primary N) is 1. The van der Waals surface area contributed by atoms with E-state index in [2.05, 4.69) is 11.6 Å². The van der Waals surface area contributed by atoms with Gasteiger partial charge in [0, 0.05) is 21.9 Å². The molecular formula is C12H20N2OS. The van der Waals surface area contributed by atoms with Crippen LogP contribution in [0, 0.1) is 6.92 Å². The van der Waals surface area contributed by atoms with Crippen molar-refractivity contribution in [3.8, 4) is 0 Å². The van der Waals surface area contributed by atoms with Gasteiger partial charge in [-0.3, -0.25) is 0 Å². The summed E-state index contributed by atoms with van der Waals surface area (Å²) in [6.07, 6.45) is 1.77. The normalized spacial score (nSPS) is 9.25. The van der Waals surface area contributed by atoms with Crippen molar-refractivity contribution in [1.29, 1.82) is 0 Å². The highest BCUT2D eigenvalue weighted by atomic mass is 32.2. The van der Waals surface area contributed by atoms with Crippen molar-refractivity contribution in [3.05, 3.63) is 23.9 Å². The fourth-order valence-electron chi connectivity index (χ4n) is 1.20. The molecule has 0 aromatic carbocycles. The Morgan fingerprint density at radius 1 is 1.56 bits per heavy atom. The van der Waals surface area contributed by atoms with E-state index in [4.69, 9.17) is 10.8 Å². The van der Waals surface area contributed by atoms with E-state index in [0.29, 0.717) is 11.6 Å². The fraction of sp³-hybridized carbons (Fsp3) is 0.417. The highest BCUT2D eigenvalue weighted by molar-refractivity contribution is 7.99. The van der Waals surface area contributed by atoms with Gasteiger partial charge in [-0.05, 0) is 13.0 Å². The van der Waals surface area contributed by atoms with Gasteiger partial charge in [0.05, 0.1) is 6.61 Å². The number of anilines is 1. The number of aromatic nitrogens is 1. The molecule has 3 nitrogen and oxygen atoms in total. The molecule has 0 radical (unpaired) electrons. The Morgan fingerprint density at radius 3 is 2.69 bits per heavy atom. The summed E-state index contributed by atoms with van der Waals surface area (Å²) in [5, 5.41) is 8.74. The molecule has 1 aromatic rings. The maximum atomic E-state index is 8.74. The molecule has 0 spiro atoms. The molecule has 0 aliphatic carbocycles. The molecule has 4 heteroatoms. The zero-order valence-electron chi connectivity index (χ0n) is 10.2. The topological polar surface area (TPSA) is 59.1 Å². The largest absolute Gasteiger partial charge is 0.396 e. The van der Waals surface area contributed by atoms with E-state index >= 15 is 0 Å². The number of aryl methyl sites for hydroxylation is 1. The first kappa shape index (κ1) is 15.0. The average Bonchev–Trinajstić information content (AvgIpc) is 2.28. The van der Waals surface area contributed by atoms with E-state index in [1.807, 2.05) is 26.8 Å². The van der Waals surface area contributed by atoms with Gasteiger partial charge in [0.15, 0.2) is 0 Å². The molecule has 0 atom stereocenters. The van der Waals surface area contributed by atoms with Gasteiger partial charge < -0.3 is 10.8 Å². The van der Waals surface area contributed by atoms with Gasteiger partial charge in [0.2, 0.25) is 0 Å². The van der Waals surface area contributed by atoms with Crippen molar-refractivity contribution in [1.82, 2.24) is 4.98 Å². The summed E-state index contributed by atoms with van der Waals surface area (Å²) in [6, 6.07) is 1.81. The molecule has 0 unspecified atom stereocenters. The number of aliphatic hydroxyl groups is 1. The lowest BCUT2D eigenvalue weighted by atomic mass is 10.2. The molecule has 0 saturated heterocycles. The van der Waals surface area contributed by atoms with Crippen LogP contribution in [0.4, 0.5) is 5.82 Å². The van der Waals surface area contributed by atoms with Gasteiger partial charge in [-0.2, -0.15) is 0 Å². The van der Waals surface area contributed by atoms with Gasteiger partial charge in [0.25, 0.3) is 0 Å². The minimum absolute atomic E-state index is 0.155. The monoisotopic (exact) mass is 240 g/mol. The number of rotatable bonds is 4. The van der Waals surface area contributed by atoms with Gasteiger partial charge in [-0.15, -0.1) is 11.8 Å².